The van der Waals surface area contributed by atoms with Gasteiger partial charge in [-0.2, -0.15) is 0 Å². The maximum atomic E-state index is 13.0. The quantitative estimate of drug-likeness (QED) is 0.847. The number of rotatable bonds is 6. The van der Waals surface area contributed by atoms with Crippen LogP contribution in [0.4, 0.5) is 9.18 Å². The molecule has 0 radical (unpaired) electrons. The molecule has 2 unspecified atom stereocenters. The van der Waals surface area contributed by atoms with Crippen LogP contribution in [-0.2, 0) is 0 Å². The summed E-state index contributed by atoms with van der Waals surface area (Å²) in [6.45, 7) is 2.21. The van der Waals surface area contributed by atoms with Gasteiger partial charge in [0.2, 0.25) is 0 Å². The lowest BCUT2D eigenvalue weighted by Crippen LogP contribution is -2.41. The molecule has 0 aliphatic heterocycles. The van der Waals surface area contributed by atoms with E-state index in [1.807, 2.05) is 0 Å². The van der Waals surface area contributed by atoms with Gasteiger partial charge in [-0.25, -0.2) is 9.18 Å². The first kappa shape index (κ1) is 15.8. The van der Waals surface area contributed by atoms with Gasteiger partial charge in [-0.05, 0) is 49.8 Å². The summed E-state index contributed by atoms with van der Waals surface area (Å²) in [6.07, 6.45) is 2.30. The average molecular weight is 294 g/mol. The molecule has 0 spiro atoms. The maximum absolute atomic E-state index is 13.0. The maximum Gasteiger partial charge on any atom is 0.317 e. The molecule has 0 heterocycles. The zero-order valence-corrected chi connectivity index (χ0v) is 12.6. The highest BCUT2D eigenvalue weighted by Gasteiger charge is 2.33. The zero-order valence-electron chi connectivity index (χ0n) is 12.6. The highest BCUT2D eigenvalue weighted by atomic mass is 19.1. The van der Waals surface area contributed by atoms with Crippen LogP contribution in [0.2, 0.25) is 0 Å². The highest BCUT2D eigenvalue weighted by Crippen LogP contribution is 2.41. The first-order valence-corrected chi connectivity index (χ1v) is 7.42. The Bertz CT molecular complexity index is 472. The third kappa shape index (κ3) is 4.70. The molecule has 0 saturated heterocycles. The summed E-state index contributed by atoms with van der Waals surface area (Å²) in [4.78, 5) is 13.8. The first-order chi connectivity index (χ1) is 9.97. The second-order valence-corrected chi connectivity index (χ2v) is 5.88. The lowest BCUT2D eigenvalue weighted by Gasteiger charge is -2.24. The number of aliphatic hydroxyl groups excluding tert-OH is 1. The van der Waals surface area contributed by atoms with Crippen LogP contribution in [0, 0.1) is 11.7 Å². The number of hydrogen-bond acceptors (Lipinski definition) is 2. The molecule has 1 saturated carbocycles. The van der Waals surface area contributed by atoms with Crippen molar-refractivity contribution in [3.63, 3.8) is 0 Å². The normalized spacial score (nSPS) is 17.1. The molecule has 4 nitrogen and oxygen atoms in total. The lowest BCUT2D eigenvalue weighted by molar-refractivity contribution is 0.162. The molecule has 0 aromatic heterocycles. The predicted octanol–water partition coefficient (Wildman–Crippen LogP) is 2.69. The number of hydrogen-bond donors (Lipinski definition) is 2. The molecule has 1 aromatic rings. The summed E-state index contributed by atoms with van der Waals surface area (Å²) in [6, 6.07) is 6.09. The van der Waals surface area contributed by atoms with Gasteiger partial charge in [0.15, 0.2) is 0 Å². The molecule has 2 N–H and O–H groups in total. The van der Waals surface area contributed by atoms with Crippen LogP contribution in [0.15, 0.2) is 24.3 Å². The van der Waals surface area contributed by atoms with E-state index in [4.69, 9.17) is 0 Å². The van der Waals surface area contributed by atoms with E-state index in [0.717, 1.165) is 18.4 Å². The molecule has 2 amide bonds. The van der Waals surface area contributed by atoms with Crippen molar-refractivity contribution in [3.8, 4) is 0 Å². The van der Waals surface area contributed by atoms with Crippen molar-refractivity contribution in [3.05, 3.63) is 35.6 Å². The molecule has 116 valence electrons. The van der Waals surface area contributed by atoms with Gasteiger partial charge in [0, 0.05) is 13.6 Å². The van der Waals surface area contributed by atoms with Gasteiger partial charge in [-0.15, -0.1) is 0 Å². The summed E-state index contributed by atoms with van der Waals surface area (Å²) in [5, 5.41) is 12.3. The van der Waals surface area contributed by atoms with Gasteiger partial charge in [-0.1, -0.05) is 12.1 Å². The van der Waals surface area contributed by atoms with Gasteiger partial charge in [0.1, 0.15) is 5.82 Å². The van der Waals surface area contributed by atoms with E-state index in [1.54, 1.807) is 31.0 Å². The van der Waals surface area contributed by atoms with Crippen molar-refractivity contribution < 1.29 is 14.3 Å². The highest BCUT2D eigenvalue weighted by molar-refractivity contribution is 5.74. The summed E-state index contributed by atoms with van der Waals surface area (Å²) < 4.78 is 13.0. The number of carbonyl (C=O) groups is 1. The van der Waals surface area contributed by atoms with Crippen molar-refractivity contribution in [1.82, 2.24) is 10.2 Å². The number of urea groups is 1. The second kappa shape index (κ2) is 6.89. The number of carbonyl (C=O) groups excluding carboxylic acids is 1. The van der Waals surface area contributed by atoms with Crippen LogP contribution in [0.1, 0.15) is 37.8 Å². The minimum Gasteiger partial charge on any atom is -0.393 e. The molecule has 21 heavy (non-hydrogen) atoms. The molecule has 1 aliphatic rings. The monoisotopic (exact) mass is 294 g/mol. The second-order valence-electron chi connectivity index (χ2n) is 5.88. The largest absolute Gasteiger partial charge is 0.393 e. The molecule has 1 fully saturated rings. The van der Waals surface area contributed by atoms with Gasteiger partial charge in [-0.3, -0.25) is 0 Å². The molecule has 2 rings (SSSR count). The van der Waals surface area contributed by atoms with Gasteiger partial charge in [0.25, 0.3) is 0 Å². The molecule has 5 heteroatoms. The van der Waals surface area contributed by atoms with Crippen molar-refractivity contribution >= 4 is 6.03 Å². The molecule has 1 aliphatic carbocycles. The van der Waals surface area contributed by atoms with Crippen LogP contribution in [0.5, 0.6) is 0 Å². The summed E-state index contributed by atoms with van der Waals surface area (Å²) in [7, 11) is 1.71. The Morgan fingerprint density at radius 2 is 2.05 bits per heavy atom. The number of halogens is 1. The number of nitrogens with one attached hydrogen (secondary N) is 1. The standard InChI is InChI=1S/C16H23FN2O2/c1-11(20)9-10-19(2)16(21)18-15(12-3-4-12)13-5-7-14(17)8-6-13/h5-8,11-12,15,20H,3-4,9-10H2,1-2H3,(H,18,21). The van der Waals surface area contributed by atoms with Crippen molar-refractivity contribution in [2.45, 2.75) is 38.3 Å². The minimum atomic E-state index is -0.420. The Kier molecular flexibility index (Phi) is 5.17. The number of nitrogens with zero attached hydrogens (tertiary/aromatic N) is 1. The molecule has 0 bridgehead atoms. The van der Waals surface area contributed by atoms with E-state index in [-0.39, 0.29) is 17.9 Å². The van der Waals surface area contributed by atoms with E-state index in [9.17, 15) is 14.3 Å². The van der Waals surface area contributed by atoms with Crippen LogP contribution < -0.4 is 5.32 Å². The van der Waals surface area contributed by atoms with Crippen molar-refractivity contribution in [2.24, 2.45) is 5.92 Å². The Morgan fingerprint density at radius 3 is 2.57 bits per heavy atom. The van der Waals surface area contributed by atoms with Gasteiger partial charge < -0.3 is 15.3 Å². The third-order valence-electron chi connectivity index (χ3n) is 3.83. The fourth-order valence-corrected chi connectivity index (χ4v) is 2.30. The Labute approximate surface area is 125 Å². The summed E-state index contributed by atoms with van der Waals surface area (Å²) in [5.74, 6) is 0.165. The van der Waals surface area contributed by atoms with Gasteiger partial charge in [0.05, 0.1) is 12.1 Å². The van der Waals surface area contributed by atoms with Crippen LogP contribution in [0.3, 0.4) is 0 Å². The summed E-state index contributed by atoms with van der Waals surface area (Å²) >= 11 is 0. The van der Waals surface area contributed by atoms with E-state index in [1.165, 1.54) is 12.1 Å². The zero-order chi connectivity index (χ0) is 15.4. The topological polar surface area (TPSA) is 52.6 Å². The lowest BCUT2D eigenvalue weighted by atomic mass is 10.0. The average Bonchev–Trinajstić information content (AvgIpc) is 3.27. The van der Waals surface area contributed by atoms with Crippen LogP contribution in [0.25, 0.3) is 0 Å². The SMILES string of the molecule is CC(O)CCN(C)C(=O)NC(c1ccc(F)cc1)C1CC1. The van der Waals surface area contributed by atoms with E-state index < -0.39 is 6.10 Å². The fraction of sp³-hybridized carbons (Fsp3) is 0.562. The molecular formula is C16H23FN2O2. The number of amides is 2. The Balaban J connectivity index is 1.96. The smallest absolute Gasteiger partial charge is 0.317 e. The molecule has 1 aromatic carbocycles. The first-order valence-electron chi connectivity index (χ1n) is 7.42. The van der Waals surface area contributed by atoms with E-state index in [0.29, 0.717) is 18.9 Å². The van der Waals surface area contributed by atoms with Crippen LogP contribution in [-0.4, -0.2) is 35.7 Å². The van der Waals surface area contributed by atoms with Crippen molar-refractivity contribution in [1.29, 1.82) is 0 Å². The molecular weight excluding hydrogens is 271 g/mol. The fourth-order valence-electron chi connectivity index (χ4n) is 2.30. The predicted molar refractivity (Wildman–Crippen MR) is 79.3 cm³/mol. The third-order valence-corrected chi connectivity index (χ3v) is 3.83. The van der Waals surface area contributed by atoms with Gasteiger partial charge >= 0.3 is 6.03 Å². The number of benzene rings is 1. The number of aliphatic hydroxyl groups is 1. The summed E-state index contributed by atoms with van der Waals surface area (Å²) in [5.41, 5.74) is 0.941. The van der Waals surface area contributed by atoms with E-state index in [2.05, 4.69) is 5.32 Å². The Morgan fingerprint density at radius 1 is 1.43 bits per heavy atom. The Hall–Kier alpha value is -1.62. The molecule has 2 atom stereocenters. The minimum absolute atomic E-state index is 0.0629. The van der Waals surface area contributed by atoms with Crippen molar-refractivity contribution in [2.75, 3.05) is 13.6 Å². The van der Waals surface area contributed by atoms with Crippen LogP contribution >= 0.6 is 0 Å². The van der Waals surface area contributed by atoms with E-state index >= 15 is 0 Å².